The van der Waals surface area contributed by atoms with E-state index in [0.29, 0.717) is 31.1 Å². The number of halogens is 3. The molecule has 164 valence electrons. The molecule has 0 heterocycles. The summed E-state index contributed by atoms with van der Waals surface area (Å²) in [4.78, 5) is 25.5. The van der Waals surface area contributed by atoms with Gasteiger partial charge in [-0.05, 0) is 75.5 Å². The van der Waals surface area contributed by atoms with Gasteiger partial charge in [-0.3, -0.25) is 9.59 Å². The predicted molar refractivity (Wildman–Crippen MR) is 104 cm³/mol. The zero-order chi connectivity index (χ0) is 21.7. The molecular formula is C21H24ClF2NO5. The van der Waals surface area contributed by atoms with E-state index in [2.05, 4.69) is 10.1 Å². The van der Waals surface area contributed by atoms with E-state index in [1.165, 1.54) is 25.1 Å². The van der Waals surface area contributed by atoms with Crippen molar-refractivity contribution in [2.75, 3.05) is 5.32 Å². The summed E-state index contributed by atoms with van der Waals surface area (Å²) in [6, 6.07) is 3.86. The molecule has 2 N–H and O–H groups in total. The number of alkyl halides is 2. The Labute approximate surface area is 177 Å². The van der Waals surface area contributed by atoms with Crippen LogP contribution in [0.25, 0.3) is 0 Å². The number of anilines is 1. The van der Waals surface area contributed by atoms with Crippen molar-refractivity contribution in [3.63, 3.8) is 0 Å². The summed E-state index contributed by atoms with van der Waals surface area (Å²) < 4.78 is 34.4. The van der Waals surface area contributed by atoms with Crippen LogP contribution in [0, 0.1) is 17.3 Å². The number of aliphatic hydroxyl groups is 1. The van der Waals surface area contributed by atoms with Gasteiger partial charge >= 0.3 is 12.6 Å². The number of ether oxygens (including phenoxy) is 2. The van der Waals surface area contributed by atoms with Crippen molar-refractivity contribution < 1.29 is 33.0 Å². The van der Waals surface area contributed by atoms with Crippen molar-refractivity contribution >= 4 is 29.2 Å². The van der Waals surface area contributed by atoms with Crippen LogP contribution in [0.1, 0.15) is 45.4 Å². The molecule has 4 bridgehead atoms. The summed E-state index contributed by atoms with van der Waals surface area (Å²) in [5.74, 6) is -0.557. The minimum Gasteiger partial charge on any atom is -0.452 e. The standard InChI is InChI=1S/C21H24ClF2NO5/c1-11(17(26)25-14-2-3-16(15(22)5-14)30-19(23)24)29-18(27)20-6-12-4-13(7-20)9-21(28,8-12)10-20/h2-3,5,11-13,19,28H,4,6-10H2,1H3,(H,25,26). The summed E-state index contributed by atoms with van der Waals surface area (Å²) in [5.41, 5.74) is -1.25. The van der Waals surface area contributed by atoms with Crippen LogP contribution in [-0.2, 0) is 14.3 Å². The van der Waals surface area contributed by atoms with E-state index in [1.54, 1.807) is 0 Å². The number of hydrogen-bond donors (Lipinski definition) is 2. The maximum absolute atomic E-state index is 13.0. The molecule has 1 aromatic rings. The number of carbonyl (C=O) groups excluding carboxylic acids is 2. The van der Waals surface area contributed by atoms with E-state index >= 15 is 0 Å². The van der Waals surface area contributed by atoms with Gasteiger partial charge in [-0.2, -0.15) is 8.78 Å². The first kappa shape index (κ1) is 21.3. The SMILES string of the molecule is CC(OC(=O)C12CC3CC(CC(O)(C3)C1)C2)C(=O)Nc1ccc(OC(F)F)c(Cl)c1. The third kappa shape index (κ3) is 4.12. The van der Waals surface area contributed by atoms with E-state index in [0.717, 1.165) is 19.3 Å². The smallest absolute Gasteiger partial charge is 0.387 e. The molecule has 4 aliphatic carbocycles. The maximum atomic E-state index is 13.0. The van der Waals surface area contributed by atoms with Gasteiger partial charge in [0.25, 0.3) is 5.91 Å². The van der Waals surface area contributed by atoms with Crippen molar-refractivity contribution in [1.29, 1.82) is 0 Å². The molecule has 1 amide bonds. The summed E-state index contributed by atoms with van der Waals surface area (Å²) in [6.07, 6.45) is 3.23. The topological polar surface area (TPSA) is 84.9 Å². The lowest BCUT2D eigenvalue weighted by atomic mass is 9.48. The highest BCUT2D eigenvalue weighted by Gasteiger charge is 2.61. The van der Waals surface area contributed by atoms with Crippen molar-refractivity contribution in [3.05, 3.63) is 23.2 Å². The van der Waals surface area contributed by atoms with Gasteiger partial charge in [0, 0.05) is 5.69 Å². The van der Waals surface area contributed by atoms with Crippen LogP contribution >= 0.6 is 11.6 Å². The van der Waals surface area contributed by atoms with Gasteiger partial charge in [-0.1, -0.05) is 11.6 Å². The number of esters is 1. The Balaban J connectivity index is 1.38. The third-order valence-corrected chi connectivity index (χ3v) is 6.83. The fourth-order valence-electron chi connectivity index (χ4n) is 5.81. The molecule has 9 heteroatoms. The highest BCUT2D eigenvalue weighted by Crippen LogP contribution is 2.62. The lowest BCUT2D eigenvalue weighted by Crippen LogP contribution is -2.59. The van der Waals surface area contributed by atoms with Crippen molar-refractivity contribution in [2.24, 2.45) is 17.3 Å². The first-order chi connectivity index (χ1) is 14.1. The normalized spacial score (nSPS) is 32.7. The zero-order valence-electron chi connectivity index (χ0n) is 16.5. The van der Waals surface area contributed by atoms with Gasteiger partial charge in [0.05, 0.1) is 16.0 Å². The monoisotopic (exact) mass is 443 g/mol. The third-order valence-electron chi connectivity index (χ3n) is 6.53. The van der Waals surface area contributed by atoms with Crippen LogP contribution in [0.2, 0.25) is 5.02 Å². The number of hydrogen-bond acceptors (Lipinski definition) is 5. The van der Waals surface area contributed by atoms with Crippen LogP contribution in [-0.4, -0.2) is 35.3 Å². The van der Waals surface area contributed by atoms with Crippen LogP contribution in [0.4, 0.5) is 14.5 Å². The Bertz CT molecular complexity index is 850. The van der Waals surface area contributed by atoms with Crippen LogP contribution in [0.5, 0.6) is 5.75 Å². The van der Waals surface area contributed by atoms with E-state index in [-0.39, 0.29) is 16.5 Å². The molecule has 0 aliphatic heterocycles. The molecular weight excluding hydrogens is 420 g/mol. The molecule has 0 saturated heterocycles. The molecule has 4 fully saturated rings. The molecule has 5 rings (SSSR count). The molecule has 3 atom stereocenters. The molecule has 3 unspecified atom stereocenters. The highest BCUT2D eigenvalue weighted by atomic mass is 35.5. The average molecular weight is 444 g/mol. The Morgan fingerprint density at radius 2 is 1.90 bits per heavy atom. The van der Waals surface area contributed by atoms with E-state index < -0.39 is 35.6 Å². The van der Waals surface area contributed by atoms with Crippen molar-refractivity contribution in [1.82, 2.24) is 0 Å². The lowest BCUT2D eigenvalue weighted by Gasteiger charge is -2.58. The summed E-state index contributed by atoms with van der Waals surface area (Å²) in [6.45, 7) is -1.54. The van der Waals surface area contributed by atoms with Crippen molar-refractivity contribution in [3.8, 4) is 5.75 Å². The van der Waals surface area contributed by atoms with Crippen LogP contribution < -0.4 is 10.1 Å². The van der Waals surface area contributed by atoms with Gasteiger partial charge < -0.3 is 19.9 Å². The summed E-state index contributed by atoms with van der Waals surface area (Å²) >= 11 is 5.89. The molecule has 6 nitrogen and oxygen atoms in total. The second-order valence-corrected chi connectivity index (χ2v) is 9.43. The molecule has 0 aromatic heterocycles. The number of amides is 1. The van der Waals surface area contributed by atoms with Crippen molar-refractivity contribution in [2.45, 2.75) is 63.8 Å². The second kappa shape index (κ2) is 7.64. The highest BCUT2D eigenvalue weighted by molar-refractivity contribution is 6.32. The summed E-state index contributed by atoms with van der Waals surface area (Å²) in [5, 5.41) is 13.3. The lowest BCUT2D eigenvalue weighted by molar-refractivity contribution is -0.199. The maximum Gasteiger partial charge on any atom is 0.387 e. The number of rotatable bonds is 6. The van der Waals surface area contributed by atoms with E-state index in [4.69, 9.17) is 16.3 Å². The van der Waals surface area contributed by atoms with Gasteiger partial charge in [-0.15, -0.1) is 0 Å². The average Bonchev–Trinajstić information content (AvgIpc) is 2.61. The molecule has 0 radical (unpaired) electrons. The van der Waals surface area contributed by atoms with Crippen LogP contribution in [0.15, 0.2) is 18.2 Å². The van der Waals surface area contributed by atoms with Gasteiger partial charge in [0.15, 0.2) is 6.10 Å². The molecule has 1 aromatic carbocycles. The molecule has 4 aliphatic rings. The Hall–Kier alpha value is -1.93. The predicted octanol–water partition coefficient (Wildman–Crippen LogP) is 4.14. The molecule has 30 heavy (non-hydrogen) atoms. The molecule has 4 saturated carbocycles. The van der Waals surface area contributed by atoms with Gasteiger partial charge in [0.2, 0.25) is 0 Å². The first-order valence-corrected chi connectivity index (χ1v) is 10.4. The van der Waals surface area contributed by atoms with Crippen LogP contribution in [0.3, 0.4) is 0 Å². The number of benzene rings is 1. The van der Waals surface area contributed by atoms with Gasteiger partial charge in [0.1, 0.15) is 5.75 Å². The fraction of sp³-hybridized carbons (Fsp3) is 0.619. The number of carbonyl (C=O) groups is 2. The minimum atomic E-state index is -3.01. The van der Waals surface area contributed by atoms with E-state index in [9.17, 15) is 23.5 Å². The Morgan fingerprint density at radius 1 is 1.23 bits per heavy atom. The molecule has 0 spiro atoms. The quantitative estimate of drug-likeness (QED) is 0.645. The largest absolute Gasteiger partial charge is 0.452 e. The Kier molecular flexibility index (Phi) is 5.43. The Morgan fingerprint density at radius 3 is 2.47 bits per heavy atom. The minimum absolute atomic E-state index is 0.0837. The fourth-order valence-corrected chi connectivity index (χ4v) is 6.03. The first-order valence-electron chi connectivity index (χ1n) is 10.1. The second-order valence-electron chi connectivity index (χ2n) is 9.03. The number of nitrogens with one attached hydrogen (secondary N) is 1. The van der Waals surface area contributed by atoms with Gasteiger partial charge in [-0.25, -0.2) is 0 Å². The zero-order valence-corrected chi connectivity index (χ0v) is 17.3. The summed E-state index contributed by atoms with van der Waals surface area (Å²) in [7, 11) is 0. The van der Waals surface area contributed by atoms with E-state index in [1.807, 2.05) is 0 Å².